The molecule has 0 aromatic heterocycles. The Morgan fingerprint density at radius 1 is 1.38 bits per heavy atom. The van der Waals surface area contributed by atoms with Crippen molar-refractivity contribution >= 4 is 5.97 Å². The number of carbonyl (C=O) groups is 1. The number of benzene rings is 1. The molecule has 16 heavy (non-hydrogen) atoms. The number of hydrogen-bond donors (Lipinski definition) is 0. The number of ether oxygens (including phenoxy) is 2. The highest BCUT2D eigenvalue weighted by Gasteiger charge is 2.05. The van der Waals surface area contributed by atoms with E-state index in [9.17, 15) is 4.79 Å². The van der Waals surface area contributed by atoms with Crippen LogP contribution < -0.4 is 4.74 Å². The maximum Gasteiger partial charge on any atom is 0.305 e. The summed E-state index contributed by atoms with van der Waals surface area (Å²) in [7, 11) is 1.41. The lowest BCUT2D eigenvalue weighted by Crippen LogP contribution is -2.03. The molecule has 1 rings (SSSR count). The average Bonchev–Trinajstić information content (AvgIpc) is 2.29. The van der Waals surface area contributed by atoms with Crippen LogP contribution in [0.25, 0.3) is 0 Å². The van der Waals surface area contributed by atoms with E-state index < -0.39 is 0 Å². The lowest BCUT2D eigenvalue weighted by Gasteiger charge is -2.08. The van der Waals surface area contributed by atoms with Crippen LogP contribution in [0.2, 0.25) is 0 Å². The minimum Gasteiger partial charge on any atom is -0.494 e. The lowest BCUT2D eigenvalue weighted by molar-refractivity contribution is -0.140. The van der Waals surface area contributed by atoms with Gasteiger partial charge >= 0.3 is 5.97 Å². The van der Waals surface area contributed by atoms with Gasteiger partial charge in [-0.25, -0.2) is 0 Å². The minimum absolute atomic E-state index is 0.179. The molecule has 0 bridgehead atoms. The molecule has 1 aromatic rings. The van der Waals surface area contributed by atoms with Crippen LogP contribution in [0.5, 0.6) is 5.75 Å². The van der Waals surface area contributed by atoms with Gasteiger partial charge in [0.25, 0.3) is 0 Å². The molecule has 0 atom stereocenters. The topological polar surface area (TPSA) is 35.5 Å². The van der Waals surface area contributed by atoms with Crippen molar-refractivity contribution in [1.82, 2.24) is 0 Å². The van der Waals surface area contributed by atoms with E-state index in [0.717, 1.165) is 11.3 Å². The highest BCUT2D eigenvalue weighted by atomic mass is 16.5. The Hall–Kier alpha value is -1.51. The predicted molar refractivity (Wildman–Crippen MR) is 62.7 cm³/mol. The van der Waals surface area contributed by atoms with Crippen LogP contribution >= 0.6 is 0 Å². The summed E-state index contributed by atoms with van der Waals surface area (Å²) in [6, 6.07) is 5.94. The molecule has 0 fully saturated rings. The first kappa shape index (κ1) is 12.6. The first-order valence-electron chi connectivity index (χ1n) is 5.46. The van der Waals surface area contributed by atoms with Gasteiger partial charge in [-0.1, -0.05) is 6.07 Å². The van der Waals surface area contributed by atoms with E-state index in [2.05, 4.69) is 4.74 Å². The van der Waals surface area contributed by atoms with Crippen LogP contribution in [0.1, 0.15) is 24.5 Å². The average molecular weight is 222 g/mol. The molecular formula is C13H18O3. The van der Waals surface area contributed by atoms with Gasteiger partial charge in [-0.3, -0.25) is 4.79 Å². The van der Waals surface area contributed by atoms with Gasteiger partial charge < -0.3 is 9.47 Å². The van der Waals surface area contributed by atoms with Crippen molar-refractivity contribution in [3.63, 3.8) is 0 Å². The third-order valence-corrected chi connectivity index (χ3v) is 2.46. The van der Waals surface area contributed by atoms with E-state index in [1.54, 1.807) is 0 Å². The van der Waals surface area contributed by atoms with Crippen molar-refractivity contribution in [2.24, 2.45) is 0 Å². The fraction of sp³-hybridized carbons (Fsp3) is 0.462. The van der Waals surface area contributed by atoms with Crippen LogP contribution in [0.3, 0.4) is 0 Å². The standard InChI is InChI=1S/C13H18O3/c1-4-16-12-7-5-10(2)11(9-12)6-8-13(14)15-3/h5,7,9H,4,6,8H2,1-3H3. The quantitative estimate of drug-likeness (QED) is 0.718. The SMILES string of the molecule is CCOc1ccc(C)c(CCC(=O)OC)c1. The summed E-state index contributed by atoms with van der Waals surface area (Å²) in [5, 5.41) is 0. The summed E-state index contributed by atoms with van der Waals surface area (Å²) < 4.78 is 10.0. The Morgan fingerprint density at radius 3 is 2.75 bits per heavy atom. The molecule has 0 spiro atoms. The molecule has 0 amide bonds. The van der Waals surface area contributed by atoms with Crippen molar-refractivity contribution in [3.8, 4) is 5.75 Å². The number of esters is 1. The summed E-state index contributed by atoms with van der Waals surface area (Å²) >= 11 is 0. The zero-order chi connectivity index (χ0) is 12.0. The molecule has 0 aliphatic rings. The molecule has 3 heteroatoms. The normalized spacial score (nSPS) is 9.94. The van der Waals surface area contributed by atoms with Gasteiger partial charge in [-0.05, 0) is 43.5 Å². The fourth-order valence-corrected chi connectivity index (χ4v) is 1.51. The number of rotatable bonds is 5. The number of hydrogen-bond acceptors (Lipinski definition) is 3. The van der Waals surface area contributed by atoms with Crippen LogP contribution in [0.4, 0.5) is 0 Å². The summed E-state index contributed by atoms with van der Waals surface area (Å²) in [4.78, 5) is 11.1. The number of methoxy groups -OCH3 is 1. The van der Waals surface area contributed by atoms with E-state index in [1.165, 1.54) is 12.7 Å². The Labute approximate surface area is 96.4 Å². The van der Waals surface area contributed by atoms with Crippen molar-refractivity contribution in [2.75, 3.05) is 13.7 Å². The molecule has 0 aliphatic heterocycles. The molecule has 0 unspecified atom stereocenters. The molecule has 0 N–H and O–H groups in total. The molecule has 0 saturated carbocycles. The van der Waals surface area contributed by atoms with E-state index >= 15 is 0 Å². The van der Waals surface area contributed by atoms with Crippen LogP contribution in [-0.2, 0) is 16.0 Å². The smallest absolute Gasteiger partial charge is 0.305 e. The second-order valence-corrected chi connectivity index (χ2v) is 3.60. The van der Waals surface area contributed by atoms with Crippen molar-refractivity contribution in [1.29, 1.82) is 0 Å². The molecule has 88 valence electrons. The van der Waals surface area contributed by atoms with Crippen LogP contribution in [0, 0.1) is 6.92 Å². The van der Waals surface area contributed by atoms with Crippen LogP contribution in [-0.4, -0.2) is 19.7 Å². The minimum atomic E-state index is -0.179. The molecule has 0 saturated heterocycles. The summed E-state index contributed by atoms with van der Waals surface area (Å²) in [5.74, 6) is 0.675. The first-order chi connectivity index (χ1) is 7.67. The summed E-state index contributed by atoms with van der Waals surface area (Å²) in [5.41, 5.74) is 2.31. The number of aryl methyl sites for hydroxylation is 2. The third kappa shape index (κ3) is 3.57. The van der Waals surface area contributed by atoms with Gasteiger partial charge in [-0.15, -0.1) is 0 Å². The molecule has 3 nitrogen and oxygen atoms in total. The van der Waals surface area contributed by atoms with Gasteiger partial charge in [0.1, 0.15) is 5.75 Å². The zero-order valence-electron chi connectivity index (χ0n) is 10.1. The van der Waals surface area contributed by atoms with Crippen LogP contribution in [0.15, 0.2) is 18.2 Å². The largest absolute Gasteiger partial charge is 0.494 e. The Morgan fingerprint density at radius 2 is 2.12 bits per heavy atom. The second-order valence-electron chi connectivity index (χ2n) is 3.60. The van der Waals surface area contributed by atoms with E-state index in [4.69, 9.17) is 4.74 Å². The van der Waals surface area contributed by atoms with Gasteiger partial charge in [0.15, 0.2) is 0 Å². The third-order valence-electron chi connectivity index (χ3n) is 2.46. The van der Waals surface area contributed by atoms with Gasteiger partial charge in [0.05, 0.1) is 13.7 Å². The predicted octanol–water partition coefficient (Wildman–Crippen LogP) is 2.50. The van der Waals surface area contributed by atoms with Crippen molar-refractivity contribution in [2.45, 2.75) is 26.7 Å². The Bertz CT molecular complexity index is 358. The Balaban J connectivity index is 2.70. The molecule has 0 radical (unpaired) electrons. The second kappa shape index (κ2) is 6.16. The highest BCUT2D eigenvalue weighted by Crippen LogP contribution is 2.18. The van der Waals surface area contributed by atoms with Crippen molar-refractivity contribution in [3.05, 3.63) is 29.3 Å². The summed E-state index contributed by atoms with van der Waals surface area (Å²) in [6.07, 6.45) is 1.10. The zero-order valence-corrected chi connectivity index (χ0v) is 10.1. The van der Waals surface area contributed by atoms with E-state index in [1.807, 2.05) is 32.0 Å². The maximum atomic E-state index is 11.1. The molecule has 0 aliphatic carbocycles. The lowest BCUT2D eigenvalue weighted by atomic mass is 10.0. The molecule has 1 aromatic carbocycles. The fourth-order valence-electron chi connectivity index (χ4n) is 1.51. The van der Waals surface area contributed by atoms with E-state index in [-0.39, 0.29) is 5.97 Å². The molecule has 0 heterocycles. The monoisotopic (exact) mass is 222 g/mol. The maximum absolute atomic E-state index is 11.1. The first-order valence-corrected chi connectivity index (χ1v) is 5.46. The molecular weight excluding hydrogens is 204 g/mol. The van der Waals surface area contributed by atoms with Crippen molar-refractivity contribution < 1.29 is 14.3 Å². The number of carbonyl (C=O) groups excluding carboxylic acids is 1. The van der Waals surface area contributed by atoms with Gasteiger partial charge in [-0.2, -0.15) is 0 Å². The Kier molecular flexibility index (Phi) is 4.83. The van der Waals surface area contributed by atoms with Gasteiger partial charge in [0, 0.05) is 6.42 Å². The van der Waals surface area contributed by atoms with Gasteiger partial charge in [0.2, 0.25) is 0 Å². The summed E-state index contributed by atoms with van der Waals surface area (Å²) in [6.45, 7) is 4.63. The highest BCUT2D eigenvalue weighted by molar-refractivity contribution is 5.69. The van der Waals surface area contributed by atoms with E-state index in [0.29, 0.717) is 19.4 Å².